The Hall–Kier alpha value is -1.21. The summed E-state index contributed by atoms with van der Waals surface area (Å²) in [5.41, 5.74) is 0. The van der Waals surface area contributed by atoms with Crippen LogP contribution in [0.5, 0.6) is 0 Å². The Balaban J connectivity index is 2.03. The minimum absolute atomic E-state index is 0.0273. The summed E-state index contributed by atoms with van der Waals surface area (Å²) in [4.78, 5) is 24.1. The van der Waals surface area contributed by atoms with Crippen LogP contribution in [0.2, 0.25) is 0 Å². The smallest absolute Gasteiger partial charge is 0.326 e. The number of halogens is 1. The van der Waals surface area contributed by atoms with E-state index in [-0.39, 0.29) is 24.8 Å². The first kappa shape index (κ1) is 12.3. The Morgan fingerprint density at radius 1 is 1.59 bits per heavy atom. The van der Waals surface area contributed by atoms with E-state index in [0.717, 1.165) is 0 Å². The maximum atomic E-state index is 13.4. The topological polar surface area (TPSA) is 78.9 Å². The van der Waals surface area contributed by atoms with E-state index < -0.39 is 31.1 Å². The average Bonchev–Trinajstić information content (AvgIpc) is 2.65. The van der Waals surface area contributed by atoms with Crippen molar-refractivity contribution >= 4 is 11.9 Å². The van der Waals surface area contributed by atoms with Gasteiger partial charge in [-0.05, 0) is 0 Å². The van der Waals surface area contributed by atoms with Crippen molar-refractivity contribution < 1.29 is 23.8 Å². The van der Waals surface area contributed by atoms with Crippen LogP contribution in [0.25, 0.3) is 0 Å². The van der Waals surface area contributed by atoms with Gasteiger partial charge in [0.1, 0.15) is 18.5 Å². The first-order valence-corrected chi connectivity index (χ1v) is 5.54. The summed E-state index contributed by atoms with van der Waals surface area (Å²) in [6.07, 6.45) is -2.86. The molecule has 2 fully saturated rings. The van der Waals surface area contributed by atoms with Gasteiger partial charge in [0.05, 0.1) is 12.5 Å². The van der Waals surface area contributed by atoms with Gasteiger partial charge in [-0.2, -0.15) is 0 Å². The second-order valence-corrected chi connectivity index (χ2v) is 4.41. The molecule has 6 nitrogen and oxygen atoms in total. The molecule has 96 valence electrons. The molecular formula is C10H15FN2O4. The highest BCUT2D eigenvalue weighted by atomic mass is 19.1. The molecule has 0 aliphatic carbocycles. The summed E-state index contributed by atoms with van der Waals surface area (Å²) in [6, 6.07) is -0.566. The summed E-state index contributed by atoms with van der Waals surface area (Å²) < 4.78 is 18.6. The second kappa shape index (κ2) is 4.58. The van der Waals surface area contributed by atoms with E-state index >= 15 is 0 Å². The Kier molecular flexibility index (Phi) is 3.30. The summed E-state index contributed by atoms with van der Waals surface area (Å²) in [5.74, 6) is -0.678. The average molecular weight is 246 g/mol. The first-order chi connectivity index (χ1) is 8.02. The monoisotopic (exact) mass is 246 g/mol. The zero-order valence-corrected chi connectivity index (χ0v) is 9.43. The lowest BCUT2D eigenvalue weighted by atomic mass is 10.1. The van der Waals surface area contributed by atoms with Gasteiger partial charge in [-0.1, -0.05) is 6.92 Å². The fraction of sp³-hybridized carbons (Fsp3) is 0.800. The van der Waals surface area contributed by atoms with Crippen LogP contribution in [0.3, 0.4) is 0 Å². The van der Waals surface area contributed by atoms with Crippen molar-refractivity contribution in [2.45, 2.75) is 31.8 Å². The summed E-state index contributed by atoms with van der Waals surface area (Å²) in [6.45, 7) is 1.47. The maximum Gasteiger partial charge on any atom is 0.326 e. The molecule has 0 aromatic carbocycles. The minimum Gasteiger partial charge on any atom is -0.394 e. The van der Waals surface area contributed by atoms with E-state index in [1.54, 1.807) is 6.92 Å². The fourth-order valence-electron chi connectivity index (χ4n) is 2.05. The van der Waals surface area contributed by atoms with Crippen molar-refractivity contribution in [3.8, 4) is 0 Å². The largest absolute Gasteiger partial charge is 0.394 e. The third-order valence-corrected chi connectivity index (χ3v) is 3.10. The van der Waals surface area contributed by atoms with Crippen LogP contribution < -0.4 is 5.32 Å². The van der Waals surface area contributed by atoms with Crippen molar-refractivity contribution in [3.63, 3.8) is 0 Å². The molecule has 0 aromatic rings. The fourth-order valence-corrected chi connectivity index (χ4v) is 2.05. The van der Waals surface area contributed by atoms with E-state index in [0.29, 0.717) is 0 Å². The Morgan fingerprint density at radius 3 is 2.88 bits per heavy atom. The number of nitrogens with one attached hydrogen (secondary N) is 1. The zero-order valence-electron chi connectivity index (χ0n) is 9.43. The standard InChI is InChI=1S/C10H15FN2O4/c1-5-3-13(10(16)12-9(5)15)8-2-6(11)7(4-14)17-8/h5-8,14H,2-4H2,1H3,(H,12,15,16)/t5?,6-,7+,8+/m0/s1. The van der Waals surface area contributed by atoms with E-state index in [1.807, 2.05) is 0 Å². The lowest BCUT2D eigenvalue weighted by molar-refractivity contribution is -0.128. The molecule has 0 aromatic heterocycles. The lowest BCUT2D eigenvalue weighted by Crippen LogP contribution is -2.57. The van der Waals surface area contributed by atoms with Gasteiger partial charge < -0.3 is 9.84 Å². The number of carbonyl (C=O) groups is 2. The van der Waals surface area contributed by atoms with E-state index in [4.69, 9.17) is 9.84 Å². The lowest BCUT2D eigenvalue weighted by Gasteiger charge is -2.34. The predicted molar refractivity (Wildman–Crippen MR) is 54.7 cm³/mol. The van der Waals surface area contributed by atoms with Gasteiger partial charge in [0.25, 0.3) is 0 Å². The van der Waals surface area contributed by atoms with Crippen molar-refractivity contribution in [2.75, 3.05) is 13.2 Å². The Morgan fingerprint density at radius 2 is 2.29 bits per heavy atom. The molecule has 0 radical (unpaired) electrons. The molecule has 1 unspecified atom stereocenters. The molecule has 2 saturated heterocycles. The van der Waals surface area contributed by atoms with Crippen LogP contribution >= 0.6 is 0 Å². The quantitative estimate of drug-likeness (QED) is 0.696. The normalized spacial score (nSPS) is 38.4. The second-order valence-electron chi connectivity index (χ2n) is 4.41. The summed E-state index contributed by atoms with van der Waals surface area (Å²) in [7, 11) is 0. The molecule has 3 amide bonds. The summed E-state index contributed by atoms with van der Waals surface area (Å²) in [5, 5.41) is 11.1. The van der Waals surface area contributed by atoms with Gasteiger partial charge in [0.15, 0.2) is 0 Å². The number of hydrogen-bond donors (Lipinski definition) is 2. The number of hydrogen-bond acceptors (Lipinski definition) is 4. The van der Waals surface area contributed by atoms with Gasteiger partial charge in [-0.3, -0.25) is 15.0 Å². The molecule has 0 spiro atoms. The number of rotatable bonds is 2. The van der Waals surface area contributed by atoms with Crippen LogP contribution in [0.15, 0.2) is 0 Å². The van der Waals surface area contributed by atoms with Gasteiger partial charge in [0, 0.05) is 13.0 Å². The number of ether oxygens (including phenoxy) is 1. The molecule has 0 saturated carbocycles. The van der Waals surface area contributed by atoms with E-state index in [9.17, 15) is 14.0 Å². The van der Waals surface area contributed by atoms with Gasteiger partial charge in [-0.15, -0.1) is 0 Å². The number of aliphatic hydroxyl groups is 1. The molecule has 0 bridgehead atoms. The molecule has 2 N–H and O–H groups in total. The number of amides is 3. The van der Waals surface area contributed by atoms with Crippen molar-refractivity contribution in [3.05, 3.63) is 0 Å². The van der Waals surface area contributed by atoms with Gasteiger partial charge >= 0.3 is 6.03 Å². The molecule has 2 rings (SSSR count). The minimum atomic E-state index is -1.29. The van der Waals surface area contributed by atoms with Crippen molar-refractivity contribution in [2.24, 2.45) is 5.92 Å². The SMILES string of the molecule is CC1CN([C@H]2C[C@H](F)[C@@H](CO)O2)C(=O)NC1=O. The molecule has 7 heteroatoms. The summed E-state index contributed by atoms with van der Waals surface area (Å²) >= 11 is 0. The van der Waals surface area contributed by atoms with Crippen molar-refractivity contribution in [1.29, 1.82) is 0 Å². The Bertz CT molecular complexity index is 338. The number of carbonyl (C=O) groups excluding carboxylic acids is 2. The van der Waals surface area contributed by atoms with Crippen LogP contribution in [-0.4, -0.2) is 53.6 Å². The highest BCUT2D eigenvalue weighted by Gasteiger charge is 2.42. The Labute approximate surface area is 97.7 Å². The van der Waals surface area contributed by atoms with Crippen LogP contribution in [0.4, 0.5) is 9.18 Å². The third-order valence-electron chi connectivity index (χ3n) is 3.10. The number of aliphatic hydroxyl groups excluding tert-OH is 1. The van der Waals surface area contributed by atoms with Crippen molar-refractivity contribution in [1.82, 2.24) is 10.2 Å². The molecule has 4 atom stereocenters. The van der Waals surface area contributed by atoms with Gasteiger partial charge in [0.2, 0.25) is 5.91 Å². The molecule has 2 aliphatic heterocycles. The molecular weight excluding hydrogens is 231 g/mol. The number of nitrogens with zero attached hydrogens (tertiary/aromatic N) is 1. The highest BCUT2D eigenvalue weighted by molar-refractivity contribution is 5.97. The number of alkyl halides is 1. The van der Waals surface area contributed by atoms with Crippen LogP contribution in [0.1, 0.15) is 13.3 Å². The maximum absolute atomic E-state index is 13.4. The molecule has 17 heavy (non-hydrogen) atoms. The molecule has 2 heterocycles. The highest BCUT2D eigenvalue weighted by Crippen LogP contribution is 2.27. The van der Waals surface area contributed by atoms with Crippen LogP contribution in [0, 0.1) is 5.92 Å². The van der Waals surface area contributed by atoms with Crippen LogP contribution in [-0.2, 0) is 9.53 Å². The zero-order chi connectivity index (χ0) is 12.6. The van der Waals surface area contributed by atoms with E-state index in [2.05, 4.69) is 5.32 Å². The first-order valence-electron chi connectivity index (χ1n) is 5.54. The number of imide groups is 1. The number of urea groups is 1. The third kappa shape index (κ3) is 2.25. The molecule has 2 aliphatic rings. The van der Waals surface area contributed by atoms with E-state index in [1.165, 1.54) is 4.90 Å². The van der Waals surface area contributed by atoms with Gasteiger partial charge in [-0.25, -0.2) is 9.18 Å². The predicted octanol–water partition coefficient (Wildman–Crippen LogP) is -0.380.